The predicted molar refractivity (Wildman–Crippen MR) is 105 cm³/mol. The van der Waals surface area contributed by atoms with Crippen LogP contribution < -0.4 is 5.32 Å². The number of carbonyl (C=O) groups is 1. The second-order valence-electron chi connectivity index (χ2n) is 7.00. The topological polar surface area (TPSA) is 61.0 Å². The Labute approximate surface area is 161 Å². The van der Waals surface area contributed by atoms with Gasteiger partial charge in [0.25, 0.3) is 0 Å². The van der Waals surface area contributed by atoms with E-state index in [2.05, 4.69) is 27.5 Å². The molecule has 0 bridgehead atoms. The number of amides is 1. The largest absolute Gasteiger partial charge is 0.308 e. The number of hydrogen-bond donors (Lipinski definition) is 2. The Kier molecular flexibility index (Phi) is 4.85. The Balaban J connectivity index is 1.64. The minimum atomic E-state index is -0.387. The number of fused-ring (bicyclic) bond motifs is 1. The predicted octanol–water partition coefficient (Wildman–Crippen LogP) is 4.30. The van der Waals surface area contributed by atoms with Crippen LogP contribution in [0.25, 0.3) is 22.0 Å². The average molecular weight is 387 g/mol. The number of nitrogens with zero attached hydrogens (tertiary/aromatic N) is 2. The maximum atomic E-state index is 14.3. The van der Waals surface area contributed by atoms with Crippen molar-refractivity contribution in [1.29, 1.82) is 0 Å². The van der Waals surface area contributed by atoms with Crippen molar-refractivity contribution < 1.29 is 9.18 Å². The van der Waals surface area contributed by atoms with E-state index in [0.717, 1.165) is 36.8 Å². The summed E-state index contributed by atoms with van der Waals surface area (Å²) in [5, 5.41) is 11.1. The number of H-pyrrole nitrogens is 1. The van der Waals surface area contributed by atoms with Gasteiger partial charge in [0.05, 0.1) is 10.5 Å². The monoisotopic (exact) mass is 386 g/mol. The molecule has 1 saturated heterocycles. The number of aromatic nitrogens is 2. The summed E-state index contributed by atoms with van der Waals surface area (Å²) in [7, 11) is 2.06. The summed E-state index contributed by atoms with van der Waals surface area (Å²) in [4.78, 5) is 14.8. The van der Waals surface area contributed by atoms with Crippen LogP contribution in [-0.4, -0.2) is 41.1 Å². The third kappa shape index (κ3) is 3.55. The number of rotatable bonds is 3. The zero-order chi connectivity index (χ0) is 19.0. The van der Waals surface area contributed by atoms with Gasteiger partial charge in [-0.15, -0.1) is 0 Å². The Morgan fingerprint density at radius 2 is 2.07 bits per heavy atom. The summed E-state index contributed by atoms with van der Waals surface area (Å²) in [6.07, 6.45) is 1.67. The van der Waals surface area contributed by atoms with Crippen molar-refractivity contribution in [3.05, 3.63) is 47.2 Å². The summed E-state index contributed by atoms with van der Waals surface area (Å²) < 4.78 is 14.3. The number of likely N-dealkylation sites (tertiary alicyclic amines) is 1. The van der Waals surface area contributed by atoms with E-state index in [1.165, 1.54) is 6.07 Å². The van der Waals surface area contributed by atoms with E-state index >= 15 is 0 Å². The van der Waals surface area contributed by atoms with Crippen molar-refractivity contribution in [2.24, 2.45) is 5.92 Å². The number of carbonyl (C=O) groups excluding carboxylic acids is 1. The van der Waals surface area contributed by atoms with Gasteiger partial charge in [0.1, 0.15) is 5.82 Å². The number of anilines is 1. The van der Waals surface area contributed by atoms with Gasteiger partial charge in [-0.05, 0) is 62.8 Å². The molecule has 0 saturated carbocycles. The van der Waals surface area contributed by atoms with E-state index in [9.17, 15) is 9.18 Å². The van der Waals surface area contributed by atoms with Crippen LogP contribution in [0, 0.1) is 11.7 Å². The average Bonchev–Trinajstić information content (AvgIpc) is 3.04. The van der Waals surface area contributed by atoms with E-state index in [0.29, 0.717) is 22.0 Å². The fourth-order valence-electron chi connectivity index (χ4n) is 3.53. The lowest BCUT2D eigenvalue weighted by atomic mass is 9.96. The van der Waals surface area contributed by atoms with Crippen molar-refractivity contribution in [1.82, 2.24) is 15.1 Å². The van der Waals surface area contributed by atoms with Crippen molar-refractivity contribution in [2.75, 3.05) is 25.5 Å². The van der Waals surface area contributed by atoms with Gasteiger partial charge in [0, 0.05) is 16.9 Å². The molecular formula is C20H20ClFN4O. The van der Waals surface area contributed by atoms with Gasteiger partial charge in [-0.1, -0.05) is 23.7 Å². The number of halogens is 2. The molecule has 0 radical (unpaired) electrons. The van der Waals surface area contributed by atoms with Gasteiger partial charge in [0.15, 0.2) is 5.82 Å². The minimum Gasteiger partial charge on any atom is -0.308 e. The molecule has 2 N–H and O–H groups in total. The first-order valence-electron chi connectivity index (χ1n) is 8.95. The van der Waals surface area contributed by atoms with Crippen LogP contribution in [0.3, 0.4) is 0 Å². The molecule has 0 unspecified atom stereocenters. The second-order valence-corrected chi connectivity index (χ2v) is 7.40. The molecule has 7 heteroatoms. The molecule has 140 valence electrons. The molecule has 2 aromatic carbocycles. The number of aromatic amines is 1. The summed E-state index contributed by atoms with van der Waals surface area (Å²) in [5.41, 5.74) is 1.75. The minimum absolute atomic E-state index is 0.0165. The normalized spacial score (nSPS) is 16.0. The van der Waals surface area contributed by atoms with Gasteiger partial charge < -0.3 is 10.2 Å². The summed E-state index contributed by atoms with van der Waals surface area (Å²) >= 11 is 6.19. The number of nitrogens with one attached hydrogen (secondary N) is 2. The number of benzene rings is 2. The first-order valence-corrected chi connectivity index (χ1v) is 9.32. The fraction of sp³-hybridized carbons (Fsp3) is 0.300. The van der Waals surface area contributed by atoms with Crippen LogP contribution in [0.15, 0.2) is 36.4 Å². The van der Waals surface area contributed by atoms with Gasteiger partial charge in [0.2, 0.25) is 5.91 Å². The maximum Gasteiger partial charge on any atom is 0.228 e. The highest BCUT2D eigenvalue weighted by Gasteiger charge is 2.24. The first-order chi connectivity index (χ1) is 13.0. The highest BCUT2D eigenvalue weighted by atomic mass is 35.5. The maximum absolute atomic E-state index is 14.3. The summed E-state index contributed by atoms with van der Waals surface area (Å²) in [6, 6.07) is 10.0. The Bertz CT molecular complexity index is 975. The van der Waals surface area contributed by atoms with E-state index < -0.39 is 0 Å². The van der Waals surface area contributed by atoms with Gasteiger partial charge >= 0.3 is 0 Å². The van der Waals surface area contributed by atoms with E-state index in [1.807, 2.05) is 6.07 Å². The second kappa shape index (κ2) is 7.29. The SMILES string of the molecule is CN1CCC(C(=O)Nc2n[nH]c3ccc(-c4c(F)cccc4Cl)cc23)CC1. The van der Waals surface area contributed by atoms with E-state index in [1.54, 1.807) is 24.3 Å². The van der Waals surface area contributed by atoms with Gasteiger partial charge in [-0.25, -0.2) is 4.39 Å². The molecular weight excluding hydrogens is 367 g/mol. The number of hydrogen-bond acceptors (Lipinski definition) is 3. The third-order valence-electron chi connectivity index (χ3n) is 5.15. The molecule has 3 aromatic rings. The van der Waals surface area contributed by atoms with Crippen LogP contribution in [0.2, 0.25) is 5.02 Å². The standard InChI is InChI=1S/C20H20ClFN4O/c1-26-9-7-12(8-10-26)20(27)23-19-14-11-13(5-6-17(14)24-25-19)18-15(21)3-2-4-16(18)22/h2-6,11-12H,7-10H2,1H3,(H2,23,24,25,27). The molecule has 0 atom stereocenters. The summed E-state index contributed by atoms with van der Waals surface area (Å²) in [5.74, 6) is 0.0356. The number of piperidine rings is 1. The molecule has 0 spiro atoms. The highest BCUT2D eigenvalue weighted by Crippen LogP contribution is 2.34. The van der Waals surface area contributed by atoms with Crippen molar-refractivity contribution in [3.63, 3.8) is 0 Å². The highest BCUT2D eigenvalue weighted by molar-refractivity contribution is 6.33. The third-order valence-corrected chi connectivity index (χ3v) is 5.46. The Morgan fingerprint density at radius 3 is 2.81 bits per heavy atom. The van der Waals surface area contributed by atoms with Gasteiger partial charge in [-0.2, -0.15) is 5.10 Å². The molecule has 5 nitrogen and oxygen atoms in total. The first kappa shape index (κ1) is 17.9. The molecule has 1 aromatic heterocycles. The Morgan fingerprint density at radius 1 is 1.30 bits per heavy atom. The molecule has 1 amide bonds. The van der Waals surface area contributed by atoms with Crippen LogP contribution in [0.1, 0.15) is 12.8 Å². The van der Waals surface area contributed by atoms with Crippen LogP contribution in [-0.2, 0) is 4.79 Å². The van der Waals surface area contributed by atoms with Gasteiger partial charge in [-0.3, -0.25) is 9.89 Å². The quantitative estimate of drug-likeness (QED) is 0.705. The fourth-order valence-corrected chi connectivity index (χ4v) is 3.80. The lowest BCUT2D eigenvalue weighted by Gasteiger charge is -2.27. The van der Waals surface area contributed by atoms with Crippen molar-refractivity contribution >= 4 is 34.2 Å². The lowest BCUT2D eigenvalue weighted by Crippen LogP contribution is -2.36. The molecule has 0 aliphatic carbocycles. The molecule has 2 heterocycles. The van der Waals surface area contributed by atoms with E-state index in [-0.39, 0.29) is 17.6 Å². The lowest BCUT2D eigenvalue weighted by molar-refractivity contribution is -0.121. The summed E-state index contributed by atoms with van der Waals surface area (Å²) in [6.45, 7) is 1.82. The molecule has 1 aliphatic rings. The molecule has 27 heavy (non-hydrogen) atoms. The molecule has 1 aliphatic heterocycles. The van der Waals surface area contributed by atoms with Crippen molar-refractivity contribution in [3.8, 4) is 11.1 Å². The molecule has 1 fully saturated rings. The Hall–Kier alpha value is -2.44. The van der Waals surface area contributed by atoms with E-state index in [4.69, 9.17) is 11.6 Å². The van der Waals surface area contributed by atoms with Crippen molar-refractivity contribution in [2.45, 2.75) is 12.8 Å². The van der Waals surface area contributed by atoms with Crippen LogP contribution in [0.4, 0.5) is 10.2 Å². The zero-order valence-electron chi connectivity index (χ0n) is 14.9. The van der Waals surface area contributed by atoms with Crippen LogP contribution in [0.5, 0.6) is 0 Å². The van der Waals surface area contributed by atoms with Crippen LogP contribution >= 0.6 is 11.6 Å². The smallest absolute Gasteiger partial charge is 0.228 e. The molecule has 4 rings (SSSR count). The zero-order valence-corrected chi connectivity index (χ0v) is 15.7.